The molecule has 4 nitrogen and oxygen atoms in total. The molecule has 0 aromatic carbocycles. The Hall–Kier alpha value is 3.69. The van der Waals surface area contributed by atoms with Crippen molar-refractivity contribution in [3.05, 3.63) is 10.1 Å². The first-order valence-electron chi connectivity index (χ1n) is 0.565. The molecular formula is H6CaKLiNNaO3. The maximum atomic E-state index is 8.36. The van der Waals surface area contributed by atoms with Crippen LogP contribution in [0.25, 0.3) is 0 Å². The van der Waals surface area contributed by atoms with Gasteiger partial charge in [0.05, 0.1) is 0 Å². The Morgan fingerprint density at radius 2 is 1.50 bits per heavy atom. The second kappa shape index (κ2) is 22.4. The maximum absolute atomic E-state index is 8.36. The van der Waals surface area contributed by atoms with E-state index in [2.05, 4.69) is 0 Å². The Balaban J connectivity index is -0.00000000750. The predicted molar refractivity (Wildman–Crippen MR) is 38.8 cm³/mol. The van der Waals surface area contributed by atoms with E-state index in [0.717, 1.165) is 0 Å². The number of hydrogen-bond donors (Lipinski definition) is 1. The summed E-state index contributed by atoms with van der Waals surface area (Å²) in [6.45, 7) is 0. The molecule has 0 aliphatic heterocycles. The summed E-state index contributed by atoms with van der Waals surface area (Å²) in [5.74, 6) is 0. The summed E-state index contributed by atoms with van der Waals surface area (Å²) in [5.41, 5.74) is 0. The van der Waals surface area contributed by atoms with Gasteiger partial charge in [-0.15, -0.1) is 10.1 Å². The first kappa shape index (κ1) is 29.8. The van der Waals surface area contributed by atoms with Gasteiger partial charge in [0.2, 0.25) is 0 Å². The molecule has 0 radical (unpaired) electrons. The second-order valence-corrected chi connectivity index (χ2v) is 0.238. The standard InChI is InChI=1S/Ca.K.Li.HNO3.Na.5H/c;;;2-1(3)4;;;;;;/h;;;(H,2,3,4);;;;;;. The van der Waals surface area contributed by atoms with Gasteiger partial charge < -0.3 is 5.21 Å². The SMILES string of the molecule is O=[N+]([O-])O.[CaH2].[KH].[LiH].[NaH]. The van der Waals surface area contributed by atoms with E-state index >= 15 is 0 Å². The van der Waals surface area contributed by atoms with Crippen LogP contribution in [0.15, 0.2) is 0 Å². The summed E-state index contributed by atoms with van der Waals surface area (Å²) in [4.78, 5) is 8.36. The fourth-order valence-electron chi connectivity index (χ4n) is 0. The van der Waals surface area contributed by atoms with E-state index < -0.39 is 5.09 Å². The zero-order valence-electron chi connectivity index (χ0n) is 1.71. The van der Waals surface area contributed by atoms with Crippen LogP contribution in [0.3, 0.4) is 0 Å². The molecular weight excluding hydrogens is 171 g/mol. The molecule has 0 unspecified atom stereocenters. The average Bonchev–Trinajstić information content (AvgIpc) is 0.811. The van der Waals surface area contributed by atoms with Crippen molar-refractivity contribution in [3.63, 3.8) is 0 Å². The summed E-state index contributed by atoms with van der Waals surface area (Å²) in [7, 11) is 0. The van der Waals surface area contributed by atoms with Crippen molar-refractivity contribution in [1.29, 1.82) is 0 Å². The minimum absolute atomic E-state index is 0. The van der Waals surface area contributed by atoms with Crippen molar-refractivity contribution in [2.75, 3.05) is 0 Å². The quantitative estimate of drug-likeness (QED) is 0.241. The second-order valence-electron chi connectivity index (χ2n) is 0.238. The molecule has 0 spiro atoms. The van der Waals surface area contributed by atoms with Gasteiger partial charge in [0.15, 0.2) is 0 Å². The van der Waals surface area contributed by atoms with Crippen LogP contribution >= 0.6 is 0 Å². The number of hydrogen-bond acceptors (Lipinski definition) is 2. The van der Waals surface area contributed by atoms with Crippen LogP contribution in [-0.2, 0) is 0 Å². The summed E-state index contributed by atoms with van der Waals surface area (Å²) in [5, 5.41) is 13.6. The van der Waals surface area contributed by atoms with E-state index in [-0.39, 0.29) is 138 Å². The molecule has 8 heteroatoms. The molecule has 34 valence electrons. The van der Waals surface area contributed by atoms with Crippen molar-refractivity contribution in [3.8, 4) is 0 Å². The summed E-state index contributed by atoms with van der Waals surface area (Å²) >= 11 is 0. The van der Waals surface area contributed by atoms with Gasteiger partial charge in [-0.3, -0.25) is 0 Å². The molecule has 0 amide bonds. The third kappa shape index (κ3) is 53.7. The van der Waals surface area contributed by atoms with E-state index in [1.54, 1.807) is 0 Å². The van der Waals surface area contributed by atoms with Gasteiger partial charge in [0.1, 0.15) is 0 Å². The molecule has 0 saturated carbocycles. The van der Waals surface area contributed by atoms with Gasteiger partial charge in [-0.2, -0.15) is 0 Å². The third-order valence-electron chi connectivity index (χ3n) is 0. The van der Waals surface area contributed by atoms with Crippen molar-refractivity contribution >= 4 is 138 Å². The van der Waals surface area contributed by atoms with Crippen molar-refractivity contribution in [2.24, 2.45) is 0 Å². The average molecular weight is 177 g/mol. The van der Waals surface area contributed by atoms with Gasteiger partial charge in [0, 0.05) is 0 Å². The molecule has 0 aliphatic rings. The molecule has 0 bridgehead atoms. The molecule has 0 fully saturated rings. The van der Waals surface area contributed by atoms with Gasteiger partial charge in [0.25, 0.3) is 5.09 Å². The number of rotatable bonds is 0. The van der Waals surface area contributed by atoms with Crippen LogP contribution in [0.5, 0.6) is 0 Å². The molecule has 0 aliphatic carbocycles. The van der Waals surface area contributed by atoms with Gasteiger partial charge in [-0.05, 0) is 0 Å². The first-order valence-corrected chi connectivity index (χ1v) is 0.565. The van der Waals surface area contributed by atoms with E-state index in [1.807, 2.05) is 0 Å². The fraction of sp³-hybridized carbons (Fsp3) is 0. The summed E-state index contributed by atoms with van der Waals surface area (Å²) in [6.07, 6.45) is 0. The van der Waals surface area contributed by atoms with Crippen molar-refractivity contribution < 1.29 is 10.3 Å². The van der Waals surface area contributed by atoms with Crippen LogP contribution < -0.4 is 0 Å². The Bertz CT molecular complexity index is 42.3. The van der Waals surface area contributed by atoms with Crippen molar-refractivity contribution in [1.82, 2.24) is 0 Å². The normalized spacial score (nSPS) is 3.00. The summed E-state index contributed by atoms with van der Waals surface area (Å²) in [6, 6.07) is 0. The zero-order valence-corrected chi connectivity index (χ0v) is 1.71. The Kier molecular flexibility index (Phi) is 83.7. The molecule has 0 heterocycles. The topological polar surface area (TPSA) is 63.4 Å². The fourth-order valence-corrected chi connectivity index (χ4v) is 0. The molecule has 1 N–H and O–H groups in total. The predicted octanol–water partition coefficient (Wildman–Crippen LogP) is -3.21. The van der Waals surface area contributed by atoms with E-state index in [1.165, 1.54) is 0 Å². The third-order valence-corrected chi connectivity index (χ3v) is 0. The molecule has 0 saturated heterocycles. The van der Waals surface area contributed by atoms with E-state index in [4.69, 9.17) is 15.3 Å². The van der Waals surface area contributed by atoms with Gasteiger partial charge in [-0.25, -0.2) is 0 Å². The van der Waals surface area contributed by atoms with Crippen LogP contribution in [0.4, 0.5) is 0 Å². The Labute approximate surface area is 154 Å². The zero-order chi connectivity index (χ0) is 3.58. The molecule has 0 aromatic heterocycles. The molecule has 8 heavy (non-hydrogen) atoms. The Morgan fingerprint density at radius 3 is 1.50 bits per heavy atom. The monoisotopic (exact) mass is 177 g/mol. The van der Waals surface area contributed by atoms with E-state index in [9.17, 15) is 0 Å². The molecule has 0 rings (SSSR count). The van der Waals surface area contributed by atoms with Crippen LogP contribution in [0.2, 0.25) is 0 Å². The first-order chi connectivity index (χ1) is 1.73. The number of nitrogens with zero attached hydrogens (tertiary/aromatic N) is 1. The van der Waals surface area contributed by atoms with Gasteiger partial charge in [-0.1, -0.05) is 0 Å². The van der Waals surface area contributed by atoms with Crippen LogP contribution in [0.1, 0.15) is 0 Å². The van der Waals surface area contributed by atoms with E-state index in [0.29, 0.717) is 0 Å². The summed E-state index contributed by atoms with van der Waals surface area (Å²) < 4.78 is 0. The van der Waals surface area contributed by atoms with Crippen LogP contribution in [0, 0.1) is 10.1 Å². The Morgan fingerprint density at radius 1 is 1.50 bits per heavy atom. The van der Waals surface area contributed by atoms with Crippen molar-refractivity contribution in [2.45, 2.75) is 0 Å². The van der Waals surface area contributed by atoms with Gasteiger partial charge >= 0.3 is 138 Å². The molecule has 0 atom stereocenters. The van der Waals surface area contributed by atoms with Crippen LogP contribution in [-0.4, -0.2) is 148 Å². The molecule has 0 aromatic rings. The minimum atomic E-state index is -1.50.